The van der Waals surface area contributed by atoms with Gasteiger partial charge >= 0.3 is 0 Å². The van der Waals surface area contributed by atoms with Crippen molar-refractivity contribution < 1.29 is 19.2 Å². The molecule has 28 heavy (non-hydrogen) atoms. The quantitative estimate of drug-likeness (QED) is 0.382. The van der Waals surface area contributed by atoms with Gasteiger partial charge < -0.3 is 19.7 Å². The Morgan fingerprint density at radius 1 is 1.21 bits per heavy atom. The van der Waals surface area contributed by atoms with Gasteiger partial charge in [-0.1, -0.05) is 12.1 Å². The van der Waals surface area contributed by atoms with Crippen molar-refractivity contribution in [2.75, 3.05) is 45.8 Å². The van der Waals surface area contributed by atoms with Crippen LogP contribution in [0.3, 0.4) is 0 Å². The van der Waals surface area contributed by atoms with Gasteiger partial charge in [0.1, 0.15) is 18.0 Å². The van der Waals surface area contributed by atoms with E-state index in [9.17, 15) is 14.9 Å². The molecule has 0 fully saturated rings. The van der Waals surface area contributed by atoms with Crippen LogP contribution in [0, 0.1) is 17.0 Å². The Morgan fingerprint density at radius 3 is 2.68 bits per heavy atom. The maximum Gasteiger partial charge on any atom is 0.293 e. The molecule has 0 saturated heterocycles. The summed E-state index contributed by atoms with van der Waals surface area (Å²) in [5.41, 5.74) is 1.55. The molecule has 2 aromatic rings. The van der Waals surface area contributed by atoms with E-state index in [2.05, 4.69) is 5.32 Å². The zero-order valence-electron chi connectivity index (χ0n) is 16.3. The molecule has 8 nitrogen and oxygen atoms in total. The van der Waals surface area contributed by atoms with Crippen molar-refractivity contribution in [1.82, 2.24) is 4.90 Å². The van der Waals surface area contributed by atoms with Crippen LogP contribution in [0.2, 0.25) is 0 Å². The number of aryl methyl sites for hydroxylation is 1. The topological polar surface area (TPSA) is 93.9 Å². The lowest BCUT2D eigenvalue weighted by atomic mass is 10.1. The van der Waals surface area contributed by atoms with E-state index in [0.29, 0.717) is 32.0 Å². The highest BCUT2D eigenvalue weighted by Crippen LogP contribution is 2.26. The van der Waals surface area contributed by atoms with Crippen LogP contribution in [0.15, 0.2) is 42.5 Å². The Labute approximate surface area is 164 Å². The molecule has 0 aromatic heterocycles. The van der Waals surface area contributed by atoms with Gasteiger partial charge in [-0.2, -0.15) is 0 Å². The predicted octanol–water partition coefficient (Wildman–Crippen LogP) is 3.11. The first-order chi connectivity index (χ1) is 13.4. The van der Waals surface area contributed by atoms with Crippen molar-refractivity contribution in [3.63, 3.8) is 0 Å². The van der Waals surface area contributed by atoms with E-state index in [1.54, 1.807) is 20.2 Å². The molecule has 0 aliphatic heterocycles. The van der Waals surface area contributed by atoms with E-state index in [1.165, 1.54) is 17.0 Å². The number of nitro benzene ring substituents is 1. The molecule has 2 rings (SSSR count). The third kappa shape index (κ3) is 5.95. The third-order valence-electron chi connectivity index (χ3n) is 4.09. The first-order valence-electron chi connectivity index (χ1n) is 8.88. The van der Waals surface area contributed by atoms with E-state index >= 15 is 0 Å². The second-order valence-corrected chi connectivity index (χ2v) is 6.30. The van der Waals surface area contributed by atoms with Crippen LogP contribution in [-0.2, 0) is 4.74 Å². The number of carbonyl (C=O) groups is 1. The number of methoxy groups -OCH3 is 1. The molecule has 0 aliphatic rings. The Kier molecular flexibility index (Phi) is 7.76. The molecule has 0 atom stereocenters. The fourth-order valence-electron chi connectivity index (χ4n) is 2.58. The molecule has 1 N–H and O–H groups in total. The highest BCUT2D eigenvalue weighted by atomic mass is 16.6. The number of benzene rings is 2. The molecule has 1 amide bonds. The number of ether oxygens (including phenoxy) is 2. The van der Waals surface area contributed by atoms with Gasteiger partial charge in [0.15, 0.2) is 0 Å². The summed E-state index contributed by atoms with van der Waals surface area (Å²) < 4.78 is 10.6. The van der Waals surface area contributed by atoms with Crippen molar-refractivity contribution in [3.05, 3.63) is 63.7 Å². The molecule has 0 aliphatic carbocycles. The van der Waals surface area contributed by atoms with Gasteiger partial charge in [0, 0.05) is 32.3 Å². The summed E-state index contributed by atoms with van der Waals surface area (Å²) in [6, 6.07) is 12.0. The predicted molar refractivity (Wildman–Crippen MR) is 107 cm³/mol. The molecule has 8 heteroatoms. The average Bonchev–Trinajstić information content (AvgIpc) is 2.67. The summed E-state index contributed by atoms with van der Waals surface area (Å²) in [7, 11) is 3.19. The van der Waals surface area contributed by atoms with Gasteiger partial charge in [0.05, 0.1) is 18.1 Å². The zero-order chi connectivity index (χ0) is 20.5. The monoisotopic (exact) mass is 387 g/mol. The second kappa shape index (κ2) is 10.3. The van der Waals surface area contributed by atoms with E-state index in [4.69, 9.17) is 9.47 Å². The molecule has 0 saturated carbocycles. The van der Waals surface area contributed by atoms with Gasteiger partial charge in [-0.05, 0) is 36.8 Å². The van der Waals surface area contributed by atoms with Crippen LogP contribution in [0.1, 0.15) is 15.9 Å². The Hall–Kier alpha value is -3.13. The number of carbonyl (C=O) groups excluding carboxylic acids is 1. The first-order valence-corrected chi connectivity index (χ1v) is 8.88. The lowest BCUT2D eigenvalue weighted by molar-refractivity contribution is -0.384. The Bertz CT molecular complexity index is 825. The SMILES string of the molecule is COCCNc1ccc(C(=O)N(C)CCOc2cccc(C)c2)cc1[N+](=O)[O-]. The van der Waals surface area contributed by atoms with Crippen LogP contribution in [-0.4, -0.2) is 56.2 Å². The fraction of sp³-hybridized carbons (Fsp3) is 0.350. The lowest BCUT2D eigenvalue weighted by Crippen LogP contribution is -2.31. The van der Waals surface area contributed by atoms with Gasteiger partial charge in [0.25, 0.3) is 11.6 Å². The van der Waals surface area contributed by atoms with Crippen molar-refractivity contribution in [3.8, 4) is 5.75 Å². The largest absolute Gasteiger partial charge is 0.492 e. The number of nitro groups is 1. The molecule has 0 heterocycles. The van der Waals surface area contributed by atoms with Gasteiger partial charge in [-0.15, -0.1) is 0 Å². The first kappa shape index (κ1) is 21.2. The molecule has 150 valence electrons. The van der Waals surface area contributed by atoms with E-state index in [1.807, 2.05) is 31.2 Å². The number of nitrogens with zero attached hydrogens (tertiary/aromatic N) is 2. The van der Waals surface area contributed by atoms with Crippen molar-refractivity contribution in [2.24, 2.45) is 0 Å². The number of anilines is 1. The number of nitrogens with one attached hydrogen (secondary N) is 1. The van der Waals surface area contributed by atoms with E-state index in [0.717, 1.165) is 11.3 Å². The number of hydrogen-bond acceptors (Lipinski definition) is 6. The molecule has 2 aromatic carbocycles. The molecule has 0 bridgehead atoms. The van der Waals surface area contributed by atoms with E-state index < -0.39 is 4.92 Å². The average molecular weight is 387 g/mol. The van der Waals surface area contributed by atoms with Gasteiger partial charge in [0.2, 0.25) is 0 Å². The third-order valence-corrected chi connectivity index (χ3v) is 4.09. The normalized spacial score (nSPS) is 10.4. The summed E-state index contributed by atoms with van der Waals surface area (Å²) in [4.78, 5) is 24.9. The maximum atomic E-state index is 12.6. The highest BCUT2D eigenvalue weighted by Gasteiger charge is 2.19. The number of amides is 1. The van der Waals surface area contributed by atoms with Gasteiger partial charge in [-0.25, -0.2) is 0 Å². The lowest BCUT2D eigenvalue weighted by Gasteiger charge is -2.18. The highest BCUT2D eigenvalue weighted by molar-refractivity contribution is 5.95. The minimum atomic E-state index is -0.507. The summed E-state index contributed by atoms with van der Waals surface area (Å²) in [6.45, 7) is 3.50. The maximum absolute atomic E-state index is 12.6. The molecular weight excluding hydrogens is 362 g/mol. The number of rotatable bonds is 10. The van der Waals surface area contributed by atoms with E-state index in [-0.39, 0.29) is 17.2 Å². The van der Waals surface area contributed by atoms with Crippen molar-refractivity contribution >= 4 is 17.3 Å². The van der Waals surface area contributed by atoms with Crippen LogP contribution in [0.25, 0.3) is 0 Å². The van der Waals surface area contributed by atoms with Crippen LogP contribution >= 0.6 is 0 Å². The zero-order valence-corrected chi connectivity index (χ0v) is 16.3. The number of likely N-dealkylation sites (N-methyl/N-ethyl adjacent to an activating group) is 1. The Morgan fingerprint density at radius 2 is 2.00 bits per heavy atom. The summed E-state index contributed by atoms with van der Waals surface area (Å²) >= 11 is 0. The minimum absolute atomic E-state index is 0.147. The summed E-state index contributed by atoms with van der Waals surface area (Å²) in [5.74, 6) is 0.433. The molecule has 0 unspecified atom stereocenters. The summed E-state index contributed by atoms with van der Waals surface area (Å²) in [6.07, 6.45) is 0. The van der Waals surface area contributed by atoms with Crippen molar-refractivity contribution in [2.45, 2.75) is 6.92 Å². The standard InChI is InChI=1S/C20H25N3O5/c1-15-5-4-6-17(13-15)28-12-10-22(2)20(24)16-7-8-18(21-9-11-27-3)19(14-16)23(25)26/h4-8,13-14,21H,9-12H2,1-3H3. The molecular formula is C20H25N3O5. The summed E-state index contributed by atoms with van der Waals surface area (Å²) in [5, 5.41) is 14.3. The minimum Gasteiger partial charge on any atom is -0.492 e. The Balaban J connectivity index is 1.99. The fourth-order valence-corrected chi connectivity index (χ4v) is 2.58. The molecule has 0 spiro atoms. The van der Waals surface area contributed by atoms with Gasteiger partial charge in [-0.3, -0.25) is 14.9 Å². The van der Waals surface area contributed by atoms with Crippen molar-refractivity contribution in [1.29, 1.82) is 0 Å². The van der Waals surface area contributed by atoms with Crippen LogP contribution in [0.4, 0.5) is 11.4 Å². The second-order valence-electron chi connectivity index (χ2n) is 6.30. The van der Waals surface area contributed by atoms with Crippen LogP contribution in [0.5, 0.6) is 5.75 Å². The van der Waals surface area contributed by atoms with Crippen LogP contribution < -0.4 is 10.1 Å². The smallest absolute Gasteiger partial charge is 0.293 e. The number of hydrogen-bond donors (Lipinski definition) is 1. The molecule has 0 radical (unpaired) electrons.